The van der Waals surface area contributed by atoms with Crippen molar-refractivity contribution in [1.82, 2.24) is 5.32 Å². The fourth-order valence-electron chi connectivity index (χ4n) is 1.10. The fraction of sp³-hybridized carbons (Fsp3) is 0.300. The van der Waals surface area contributed by atoms with E-state index in [0.29, 0.717) is 11.6 Å². The minimum Gasteiger partial charge on any atom is -0.325 e. The van der Waals surface area contributed by atoms with Crippen molar-refractivity contribution in [3.8, 4) is 0 Å². The molecule has 84 valence electrons. The maximum absolute atomic E-state index is 11.3. The van der Waals surface area contributed by atoms with Crippen LogP contribution in [0.3, 0.4) is 0 Å². The van der Waals surface area contributed by atoms with Gasteiger partial charge in [-0.15, -0.1) is 12.4 Å². The van der Waals surface area contributed by atoms with Crippen molar-refractivity contribution in [2.75, 3.05) is 18.9 Å². The average molecular weight is 249 g/mol. The van der Waals surface area contributed by atoms with Crippen molar-refractivity contribution in [2.45, 2.75) is 6.92 Å². The summed E-state index contributed by atoms with van der Waals surface area (Å²) in [7, 11) is 1.73. The first-order chi connectivity index (χ1) is 6.65. The Bertz CT molecular complexity index is 342. The highest BCUT2D eigenvalue weighted by Crippen LogP contribution is 2.22. The summed E-state index contributed by atoms with van der Waals surface area (Å²) < 4.78 is 0. The van der Waals surface area contributed by atoms with Gasteiger partial charge in [0.1, 0.15) is 0 Å². The zero-order chi connectivity index (χ0) is 10.6. The van der Waals surface area contributed by atoms with Crippen LogP contribution in [0.1, 0.15) is 5.56 Å². The van der Waals surface area contributed by atoms with Crippen LogP contribution in [0.25, 0.3) is 0 Å². The summed E-state index contributed by atoms with van der Waals surface area (Å²) in [4.78, 5) is 11.3. The van der Waals surface area contributed by atoms with E-state index < -0.39 is 0 Å². The minimum absolute atomic E-state index is 0. The van der Waals surface area contributed by atoms with E-state index in [1.54, 1.807) is 13.1 Å². The Morgan fingerprint density at radius 3 is 2.73 bits per heavy atom. The number of anilines is 1. The van der Waals surface area contributed by atoms with Crippen LogP contribution >= 0.6 is 24.0 Å². The third-order valence-electron chi connectivity index (χ3n) is 1.88. The Labute approximate surface area is 101 Å². The molecule has 0 aromatic heterocycles. The van der Waals surface area contributed by atoms with Gasteiger partial charge < -0.3 is 10.6 Å². The van der Waals surface area contributed by atoms with E-state index in [2.05, 4.69) is 10.6 Å². The Kier molecular flexibility index (Phi) is 6.32. The Hall–Kier alpha value is -0.770. The smallest absolute Gasteiger partial charge is 0.238 e. The van der Waals surface area contributed by atoms with Gasteiger partial charge in [-0.1, -0.05) is 17.7 Å². The maximum atomic E-state index is 11.3. The number of halogens is 2. The second-order valence-electron chi connectivity index (χ2n) is 2.99. The molecule has 15 heavy (non-hydrogen) atoms. The number of nitrogens with one attached hydrogen (secondary N) is 2. The SMILES string of the molecule is CNCC(=O)Nc1cccc(Cl)c1C.Cl. The average Bonchev–Trinajstić information content (AvgIpc) is 2.13. The minimum atomic E-state index is -0.0714. The van der Waals surface area contributed by atoms with Crippen molar-refractivity contribution in [3.63, 3.8) is 0 Å². The van der Waals surface area contributed by atoms with Crippen LogP contribution in [-0.4, -0.2) is 19.5 Å². The number of benzene rings is 1. The summed E-state index contributed by atoms with van der Waals surface area (Å²) in [5, 5.41) is 6.20. The van der Waals surface area contributed by atoms with Crippen molar-refractivity contribution in [3.05, 3.63) is 28.8 Å². The number of carbonyl (C=O) groups excluding carboxylic acids is 1. The lowest BCUT2D eigenvalue weighted by Gasteiger charge is -2.08. The largest absolute Gasteiger partial charge is 0.325 e. The second kappa shape index (κ2) is 6.67. The molecule has 0 atom stereocenters. The quantitative estimate of drug-likeness (QED) is 0.862. The van der Waals surface area contributed by atoms with Crippen molar-refractivity contribution in [1.29, 1.82) is 0 Å². The van der Waals surface area contributed by atoms with E-state index in [0.717, 1.165) is 11.3 Å². The highest BCUT2D eigenvalue weighted by atomic mass is 35.5. The van der Waals surface area contributed by atoms with Crippen LogP contribution in [0, 0.1) is 6.92 Å². The summed E-state index contributed by atoms with van der Waals surface area (Å²) in [6.07, 6.45) is 0. The highest BCUT2D eigenvalue weighted by molar-refractivity contribution is 6.31. The number of hydrogen-bond donors (Lipinski definition) is 2. The topological polar surface area (TPSA) is 41.1 Å². The zero-order valence-electron chi connectivity index (χ0n) is 8.63. The molecule has 0 aliphatic heterocycles. The molecular formula is C10H14Cl2N2O. The summed E-state index contributed by atoms with van der Waals surface area (Å²) in [6, 6.07) is 5.43. The predicted octanol–water partition coefficient (Wildman–Crippen LogP) is 2.23. The van der Waals surface area contributed by atoms with Crippen LogP contribution in [0.2, 0.25) is 5.02 Å². The lowest BCUT2D eigenvalue weighted by Crippen LogP contribution is -2.25. The van der Waals surface area contributed by atoms with E-state index in [1.165, 1.54) is 0 Å². The van der Waals surface area contributed by atoms with Gasteiger partial charge in [0.05, 0.1) is 6.54 Å². The van der Waals surface area contributed by atoms with E-state index in [-0.39, 0.29) is 18.3 Å². The van der Waals surface area contributed by atoms with Gasteiger partial charge in [0.15, 0.2) is 0 Å². The van der Waals surface area contributed by atoms with Crippen LogP contribution in [0.15, 0.2) is 18.2 Å². The van der Waals surface area contributed by atoms with E-state index in [9.17, 15) is 4.79 Å². The lowest BCUT2D eigenvalue weighted by atomic mass is 10.2. The molecule has 0 spiro atoms. The Balaban J connectivity index is 0.00000196. The van der Waals surface area contributed by atoms with Crippen LogP contribution in [-0.2, 0) is 4.79 Å². The molecule has 0 saturated carbocycles. The molecule has 0 fully saturated rings. The third-order valence-corrected chi connectivity index (χ3v) is 2.29. The van der Waals surface area contributed by atoms with Gasteiger partial charge in [-0.3, -0.25) is 4.79 Å². The molecule has 1 amide bonds. The molecule has 3 nitrogen and oxygen atoms in total. The molecule has 0 saturated heterocycles. The van der Waals surface area contributed by atoms with E-state index in [1.807, 2.05) is 19.1 Å². The summed E-state index contributed by atoms with van der Waals surface area (Å²) >= 11 is 5.91. The first-order valence-electron chi connectivity index (χ1n) is 4.34. The third kappa shape index (κ3) is 4.08. The van der Waals surface area contributed by atoms with Crippen molar-refractivity contribution < 1.29 is 4.79 Å². The Morgan fingerprint density at radius 1 is 1.47 bits per heavy atom. The van der Waals surface area contributed by atoms with Gasteiger partial charge in [-0.2, -0.15) is 0 Å². The molecule has 0 aliphatic carbocycles. The van der Waals surface area contributed by atoms with Crippen LogP contribution in [0.4, 0.5) is 5.69 Å². The first-order valence-corrected chi connectivity index (χ1v) is 4.72. The molecule has 0 aliphatic rings. The number of carbonyl (C=O) groups is 1. The van der Waals surface area contributed by atoms with Crippen molar-refractivity contribution in [2.24, 2.45) is 0 Å². The summed E-state index contributed by atoms with van der Waals surface area (Å²) in [6.45, 7) is 2.17. The fourth-order valence-corrected chi connectivity index (χ4v) is 1.27. The summed E-state index contributed by atoms with van der Waals surface area (Å²) in [5.41, 5.74) is 1.65. The lowest BCUT2D eigenvalue weighted by molar-refractivity contribution is -0.115. The summed E-state index contributed by atoms with van der Waals surface area (Å²) in [5.74, 6) is -0.0714. The second-order valence-corrected chi connectivity index (χ2v) is 3.40. The molecule has 1 aromatic carbocycles. The highest BCUT2D eigenvalue weighted by Gasteiger charge is 2.04. The van der Waals surface area contributed by atoms with Crippen LogP contribution < -0.4 is 10.6 Å². The molecule has 0 radical (unpaired) electrons. The predicted molar refractivity (Wildman–Crippen MR) is 66.0 cm³/mol. The maximum Gasteiger partial charge on any atom is 0.238 e. The van der Waals surface area contributed by atoms with Gasteiger partial charge in [0, 0.05) is 10.7 Å². The number of likely N-dealkylation sites (N-methyl/N-ethyl adjacent to an activating group) is 1. The molecule has 0 unspecified atom stereocenters. The van der Waals surface area contributed by atoms with Gasteiger partial charge in [0.25, 0.3) is 0 Å². The van der Waals surface area contributed by atoms with Gasteiger partial charge >= 0.3 is 0 Å². The normalized spacial score (nSPS) is 9.27. The standard InChI is InChI=1S/C10H13ClN2O.ClH/c1-7-8(11)4-3-5-9(7)13-10(14)6-12-2;/h3-5,12H,6H2,1-2H3,(H,13,14);1H. The first kappa shape index (κ1) is 14.2. The van der Waals surface area contributed by atoms with Crippen LogP contribution in [0.5, 0.6) is 0 Å². The molecule has 5 heteroatoms. The van der Waals surface area contributed by atoms with Crippen molar-refractivity contribution >= 4 is 35.6 Å². The molecule has 2 N–H and O–H groups in total. The molecule has 1 rings (SSSR count). The van der Waals surface area contributed by atoms with Gasteiger partial charge in [-0.05, 0) is 31.7 Å². The number of amides is 1. The number of rotatable bonds is 3. The Morgan fingerprint density at radius 2 is 2.13 bits per heavy atom. The molecule has 0 heterocycles. The van der Waals surface area contributed by atoms with Gasteiger partial charge in [-0.25, -0.2) is 0 Å². The van der Waals surface area contributed by atoms with E-state index >= 15 is 0 Å². The monoisotopic (exact) mass is 248 g/mol. The molecule has 0 bridgehead atoms. The molecular weight excluding hydrogens is 235 g/mol. The van der Waals surface area contributed by atoms with Gasteiger partial charge in [0.2, 0.25) is 5.91 Å². The zero-order valence-corrected chi connectivity index (χ0v) is 10.2. The van der Waals surface area contributed by atoms with E-state index in [4.69, 9.17) is 11.6 Å². The number of hydrogen-bond acceptors (Lipinski definition) is 2. The molecule has 1 aromatic rings.